The van der Waals surface area contributed by atoms with Crippen molar-refractivity contribution in [3.63, 3.8) is 0 Å². The van der Waals surface area contributed by atoms with Gasteiger partial charge >= 0.3 is 14.4 Å². The number of alkyl halides is 3. The first-order chi connectivity index (χ1) is 9.59. The lowest BCUT2D eigenvalue weighted by atomic mass is 10.1. The van der Waals surface area contributed by atoms with Crippen LogP contribution in [0.2, 0.25) is 0 Å². The third-order valence-electron chi connectivity index (χ3n) is 2.26. The Kier molecular flexibility index (Phi) is 5.91. The van der Waals surface area contributed by atoms with Crippen LogP contribution in [0.1, 0.15) is 11.1 Å². The molecule has 0 fully saturated rings. The summed E-state index contributed by atoms with van der Waals surface area (Å²) in [7, 11) is -8.35. The van der Waals surface area contributed by atoms with Gasteiger partial charge < -0.3 is 10.6 Å². The minimum absolute atomic E-state index is 0.304. The number of halogens is 3. The first-order valence-corrected chi connectivity index (χ1v) is 7.91. The molecule has 0 aliphatic heterocycles. The molecule has 0 saturated heterocycles. The molecule has 120 valence electrons. The van der Waals surface area contributed by atoms with Crippen molar-refractivity contribution in [2.75, 3.05) is 6.79 Å². The van der Waals surface area contributed by atoms with Gasteiger partial charge in [-0.05, 0) is 11.6 Å². The molecule has 0 heterocycles. The molecule has 0 aromatic heterocycles. The summed E-state index contributed by atoms with van der Waals surface area (Å²) in [5, 5.41) is 0. The highest BCUT2D eigenvalue weighted by molar-refractivity contribution is 7.86. The van der Waals surface area contributed by atoms with Gasteiger partial charge in [-0.1, -0.05) is 12.1 Å². The van der Waals surface area contributed by atoms with Gasteiger partial charge in [0.2, 0.25) is 0 Å². The van der Waals surface area contributed by atoms with Crippen molar-refractivity contribution in [2.45, 2.75) is 17.6 Å². The normalized spacial score (nSPS) is 14.1. The van der Waals surface area contributed by atoms with Crippen LogP contribution in [0.3, 0.4) is 0 Å². The maximum atomic E-state index is 12.9. The van der Waals surface area contributed by atoms with Crippen LogP contribution in [0.5, 0.6) is 0 Å². The van der Waals surface area contributed by atoms with Gasteiger partial charge in [0.25, 0.3) is 10.1 Å². The summed E-state index contributed by atoms with van der Waals surface area (Å²) in [6, 6.07) is 2.67. The molecule has 0 bridgehead atoms. The number of hydrogen-bond acceptors (Lipinski definition) is 6. The number of benzene rings is 1. The Labute approximate surface area is 118 Å². The zero-order valence-corrected chi connectivity index (χ0v) is 12.1. The van der Waals surface area contributed by atoms with Crippen LogP contribution in [0, 0.1) is 0 Å². The fourth-order valence-corrected chi connectivity index (χ4v) is 2.92. The first-order valence-electron chi connectivity index (χ1n) is 5.24. The summed E-state index contributed by atoms with van der Waals surface area (Å²) < 4.78 is 80.7. The lowest BCUT2D eigenvalue weighted by Crippen LogP contribution is -2.19. The van der Waals surface area contributed by atoms with Gasteiger partial charge in [-0.3, -0.25) is 9.09 Å². The molecule has 0 spiro atoms. The van der Waals surface area contributed by atoms with Crippen molar-refractivity contribution >= 4 is 18.4 Å². The molecule has 1 aromatic carbocycles. The number of nitrogens with two attached hydrogens (primary N) is 1. The minimum atomic E-state index is -4.94. The number of rotatable bonds is 6. The fraction of sp³-hybridized carbons (Fsp3) is 0.333. The topological polar surface area (TPSA) is 116 Å². The van der Waals surface area contributed by atoms with E-state index >= 15 is 0 Å². The summed E-state index contributed by atoms with van der Waals surface area (Å²) in [4.78, 5) is 7.22. The SMILES string of the molecule is NCc1cccc(C(F)(F)F)c1S(=O)(=O)OCO[PH](=O)O. The van der Waals surface area contributed by atoms with Gasteiger partial charge in [-0.2, -0.15) is 21.6 Å². The number of hydrogen-bond donors (Lipinski definition) is 2. The van der Waals surface area contributed by atoms with Gasteiger partial charge in [-0.15, -0.1) is 0 Å². The van der Waals surface area contributed by atoms with E-state index in [0.717, 1.165) is 12.1 Å². The molecule has 1 rings (SSSR count). The predicted molar refractivity (Wildman–Crippen MR) is 64.8 cm³/mol. The van der Waals surface area contributed by atoms with Crippen LogP contribution < -0.4 is 5.73 Å². The lowest BCUT2D eigenvalue weighted by molar-refractivity contribution is -0.140. The predicted octanol–water partition coefficient (Wildman–Crippen LogP) is 1.23. The molecule has 0 amide bonds. The minimum Gasteiger partial charge on any atom is -0.326 e. The second kappa shape index (κ2) is 6.86. The molecule has 7 nitrogen and oxygen atoms in total. The Bertz CT molecular complexity index is 633. The maximum absolute atomic E-state index is 12.9. The molecule has 0 radical (unpaired) electrons. The Balaban J connectivity index is 3.29. The highest BCUT2D eigenvalue weighted by atomic mass is 32.2. The fourth-order valence-electron chi connectivity index (χ4n) is 1.46. The lowest BCUT2D eigenvalue weighted by Gasteiger charge is -2.16. The van der Waals surface area contributed by atoms with Gasteiger partial charge in [0.15, 0.2) is 6.79 Å². The Morgan fingerprint density at radius 3 is 2.43 bits per heavy atom. The molecule has 0 saturated carbocycles. The molecular weight excluding hydrogens is 338 g/mol. The molecule has 12 heteroatoms. The Morgan fingerprint density at radius 2 is 1.95 bits per heavy atom. The highest BCUT2D eigenvalue weighted by Gasteiger charge is 2.38. The van der Waals surface area contributed by atoms with Crippen LogP contribution in [-0.2, 0) is 36.1 Å². The average Bonchev–Trinajstić information content (AvgIpc) is 2.36. The summed E-state index contributed by atoms with van der Waals surface area (Å²) >= 11 is 0. The van der Waals surface area contributed by atoms with Crippen LogP contribution in [0.15, 0.2) is 23.1 Å². The van der Waals surface area contributed by atoms with Crippen molar-refractivity contribution in [1.82, 2.24) is 0 Å². The zero-order chi connectivity index (χ0) is 16.3. The molecule has 21 heavy (non-hydrogen) atoms. The summed E-state index contributed by atoms with van der Waals surface area (Å²) in [6.45, 7) is -1.66. The van der Waals surface area contributed by atoms with E-state index in [0.29, 0.717) is 6.07 Å². The largest absolute Gasteiger partial charge is 0.417 e. The van der Waals surface area contributed by atoms with Crippen molar-refractivity contribution in [3.8, 4) is 0 Å². The van der Waals surface area contributed by atoms with Crippen molar-refractivity contribution in [1.29, 1.82) is 0 Å². The molecule has 3 N–H and O–H groups in total. The van der Waals surface area contributed by atoms with Crippen LogP contribution in [0.4, 0.5) is 13.2 Å². The van der Waals surface area contributed by atoms with E-state index in [1.54, 1.807) is 0 Å². The second-order valence-electron chi connectivity index (χ2n) is 3.60. The second-order valence-corrected chi connectivity index (χ2v) is 5.97. The van der Waals surface area contributed by atoms with Gasteiger partial charge in [-0.25, -0.2) is 4.18 Å². The highest BCUT2D eigenvalue weighted by Crippen LogP contribution is 2.36. The third kappa shape index (κ3) is 4.77. The van der Waals surface area contributed by atoms with E-state index in [9.17, 15) is 26.2 Å². The van der Waals surface area contributed by atoms with Crippen molar-refractivity contribution < 1.29 is 39.8 Å². The van der Waals surface area contributed by atoms with E-state index in [4.69, 9.17) is 10.6 Å². The van der Waals surface area contributed by atoms with E-state index in [1.165, 1.54) is 0 Å². The van der Waals surface area contributed by atoms with Crippen molar-refractivity contribution in [3.05, 3.63) is 29.3 Å². The molecule has 0 aliphatic carbocycles. The first kappa shape index (κ1) is 18.1. The quantitative estimate of drug-likeness (QED) is 0.451. The van der Waals surface area contributed by atoms with Gasteiger partial charge in [0.1, 0.15) is 4.90 Å². The maximum Gasteiger partial charge on any atom is 0.417 e. The standard InChI is InChI=1S/C9H11F3NO6PS/c10-9(11,12)7-3-1-2-6(4-13)8(7)21(16,17)19-5-18-20(14)15/h1-3,20H,4-5,13H2,(H,14,15). The molecule has 1 atom stereocenters. The Hall–Kier alpha value is -0.970. The summed E-state index contributed by atoms with van der Waals surface area (Å²) in [6.07, 6.45) is -4.94. The summed E-state index contributed by atoms with van der Waals surface area (Å²) in [5.74, 6) is 0. The van der Waals surface area contributed by atoms with E-state index in [2.05, 4.69) is 8.71 Å². The van der Waals surface area contributed by atoms with E-state index < -0.39 is 48.3 Å². The van der Waals surface area contributed by atoms with Gasteiger partial charge in [0, 0.05) is 6.54 Å². The monoisotopic (exact) mass is 349 g/mol. The van der Waals surface area contributed by atoms with Crippen LogP contribution in [-0.4, -0.2) is 20.1 Å². The average molecular weight is 349 g/mol. The van der Waals surface area contributed by atoms with Crippen molar-refractivity contribution in [2.24, 2.45) is 5.73 Å². The molecule has 1 aromatic rings. The Morgan fingerprint density at radius 1 is 1.33 bits per heavy atom. The zero-order valence-electron chi connectivity index (χ0n) is 10.3. The summed E-state index contributed by atoms with van der Waals surface area (Å²) in [5.41, 5.74) is 3.49. The molecule has 0 aliphatic rings. The van der Waals surface area contributed by atoms with E-state index in [-0.39, 0.29) is 5.56 Å². The van der Waals surface area contributed by atoms with E-state index in [1.807, 2.05) is 0 Å². The van der Waals surface area contributed by atoms with Crippen LogP contribution in [0.25, 0.3) is 0 Å². The smallest absolute Gasteiger partial charge is 0.326 e. The molecule has 1 unspecified atom stereocenters. The van der Waals surface area contributed by atoms with Crippen LogP contribution >= 0.6 is 8.25 Å². The molecular formula is C9H11F3NO6PS. The van der Waals surface area contributed by atoms with Gasteiger partial charge in [0.05, 0.1) is 5.56 Å². The third-order valence-corrected chi connectivity index (χ3v) is 4.01.